The Kier molecular flexibility index (Phi) is 6.29. The summed E-state index contributed by atoms with van der Waals surface area (Å²) in [7, 11) is 0. The highest BCUT2D eigenvalue weighted by Gasteiger charge is 2.24. The molecule has 0 unspecified atom stereocenters. The molecule has 1 saturated heterocycles. The number of benzene rings is 1. The normalized spacial score (nSPS) is 15.6. The molecule has 1 amide bonds. The van der Waals surface area contributed by atoms with Gasteiger partial charge in [0.15, 0.2) is 6.10 Å². The van der Waals surface area contributed by atoms with E-state index in [9.17, 15) is 9.59 Å². The third-order valence-electron chi connectivity index (χ3n) is 5.04. The largest absolute Gasteiger partial charge is 0.449 e. The number of aromatic nitrogens is 2. The Labute approximate surface area is 165 Å². The minimum atomic E-state index is -0.774. The van der Waals surface area contributed by atoms with Gasteiger partial charge >= 0.3 is 5.97 Å². The van der Waals surface area contributed by atoms with Gasteiger partial charge in [0.05, 0.1) is 11.4 Å². The van der Waals surface area contributed by atoms with E-state index in [-0.39, 0.29) is 5.91 Å². The van der Waals surface area contributed by atoms with Crippen LogP contribution in [0.5, 0.6) is 0 Å². The first-order valence-electron chi connectivity index (χ1n) is 9.76. The van der Waals surface area contributed by atoms with Gasteiger partial charge in [-0.25, -0.2) is 9.48 Å². The first kappa shape index (κ1) is 19.9. The molecule has 1 fully saturated rings. The maximum absolute atomic E-state index is 12.4. The van der Waals surface area contributed by atoms with Crippen molar-refractivity contribution >= 4 is 18.0 Å². The van der Waals surface area contributed by atoms with Gasteiger partial charge in [0.25, 0.3) is 5.91 Å². The van der Waals surface area contributed by atoms with Crippen molar-refractivity contribution in [2.45, 2.75) is 46.1 Å². The molecule has 1 atom stereocenters. The molecule has 1 aromatic heterocycles. The van der Waals surface area contributed by atoms with E-state index in [0.717, 1.165) is 55.0 Å². The summed E-state index contributed by atoms with van der Waals surface area (Å²) in [6.45, 7) is 6.98. The molecule has 2 aromatic rings. The van der Waals surface area contributed by atoms with Crippen LogP contribution in [-0.4, -0.2) is 45.8 Å². The number of rotatable bonds is 5. The second-order valence-electron chi connectivity index (χ2n) is 7.13. The topological polar surface area (TPSA) is 64.4 Å². The molecular formula is C22H27N3O3. The number of ether oxygens (including phenoxy) is 1. The highest BCUT2D eigenvalue weighted by atomic mass is 16.5. The fraction of sp³-hybridized carbons (Fsp3) is 0.409. The third kappa shape index (κ3) is 4.50. The lowest BCUT2D eigenvalue weighted by Gasteiger charge is -2.28. The van der Waals surface area contributed by atoms with Gasteiger partial charge in [-0.05, 0) is 58.2 Å². The molecule has 1 aliphatic heterocycles. The van der Waals surface area contributed by atoms with Crippen LogP contribution in [0.25, 0.3) is 11.8 Å². The van der Waals surface area contributed by atoms with Crippen LogP contribution in [0.3, 0.4) is 0 Å². The van der Waals surface area contributed by atoms with Crippen LogP contribution in [0, 0.1) is 13.8 Å². The Morgan fingerprint density at radius 3 is 2.46 bits per heavy atom. The summed E-state index contributed by atoms with van der Waals surface area (Å²) in [5, 5.41) is 4.56. The Bertz CT molecular complexity index is 865. The van der Waals surface area contributed by atoms with E-state index in [1.165, 1.54) is 6.08 Å². The quantitative estimate of drug-likeness (QED) is 0.588. The Morgan fingerprint density at radius 1 is 1.11 bits per heavy atom. The lowest BCUT2D eigenvalue weighted by atomic mass is 10.1. The average molecular weight is 381 g/mol. The third-order valence-corrected chi connectivity index (χ3v) is 5.04. The van der Waals surface area contributed by atoms with Crippen molar-refractivity contribution in [1.29, 1.82) is 0 Å². The second kappa shape index (κ2) is 8.87. The zero-order valence-electron chi connectivity index (χ0n) is 16.7. The van der Waals surface area contributed by atoms with E-state index in [1.807, 2.05) is 48.9 Å². The minimum absolute atomic E-state index is 0.120. The lowest BCUT2D eigenvalue weighted by Crippen LogP contribution is -2.42. The van der Waals surface area contributed by atoms with Gasteiger partial charge in [-0.2, -0.15) is 5.10 Å². The smallest absolute Gasteiger partial charge is 0.331 e. The van der Waals surface area contributed by atoms with E-state index in [0.29, 0.717) is 0 Å². The highest BCUT2D eigenvalue weighted by molar-refractivity contribution is 5.90. The van der Waals surface area contributed by atoms with Gasteiger partial charge < -0.3 is 9.64 Å². The number of hydrogen-bond donors (Lipinski definition) is 0. The fourth-order valence-corrected chi connectivity index (χ4v) is 3.50. The van der Waals surface area contributed by atoms with Gasteiger partial charge in [0, 0.05) is 30.4 Å². The highest BCUT2D eigenvalue weighted by Crippen LogP contribution is 2.19. The molecule has 0 radical (unpaired) electrons. The number of carbonyl (C=O) groups is 2. The molecule has 28 heavy (non-hydrogen) atoms. The molecular weight excluding hydrogens is 354 g/mol. The molecule has 0 aliphatic carbocycles. The predicted octanol–water partition coefficient (Wildman–Crippen LogP) is 3.45. The number of carbonyl (C=O) groups excluding carboxylic acids is 2. The number of likely N-dealkylation sites (tertiary alicyclic amines) is 1. The van der Waals surface area contributed by atoms with Gasteiger partial charge in [0.2, 0.25) is 0 Å². The SMILES string of the molecule is Cc1nn(-c2ccccc2)c(C)c1/C=C/C(=O)O[C@@H](C)C(=O)N1CCCCC1. The van der Waals surface area contributed by atoms with Crippen LogP contribution in [0.15, 0.2) is 36.4 Å². The standard InChI is InChI=1S/C22H27N3O3/c1-16-20(17(2)25(23-16)19-10-6-4-7-11-19)12-13-21(26)28-18(3)22(27)24-14-8-5-9-15-24/h4,6-7,10-13,18H,5,8-9,14-15H2,1-3H3/b13-12+/t18-/m0/s1. The Hall–Kier alpha value is -2.89. The molecule has 0 saturated carbocycles. The molecule has 0 spiro atoms. The van der Waals surface area contributed by atoms with Crippen molar-refractivity contribution in [3.05, 3.63) is 53.4 Å². The number of nitrogens with zero attached hydrogens (tertiary/aromatic N) is 3. The predicted molar refractivity (Wildman–Crippen MR) is 108 cm³/mol. The van der Waals surface area contributed by atoms with E-state index >= 15 is 0 Å². The van der Waals surface area contributed by atoms with Gasteiger partial charge in [0.1, 0.15) is 0 Å². The first-order valence-corrected chi connectivity index (χ1v) is 9.76. The van der Waals surface area contributed by atoms with Crippen LogP contribution in [0.2, 0.25) is 0 Å². The van der Waals surface area contributed by atoms with Crippen LogP contribution < -0.4 is 0 Å². The minimum Gasteiger partial charge on any atom is -0.449 e. The van der Waals surface area contributed by atoms with Crippen molar-refractivity contribution in [2.75, 3.05) is 13.1 Å². The summed E-state index contributed by atoms with van der Waals surface area (Å²) in [5.41, 5.74) is 3.59. The zero-order chi connectivity index (χ0) is 20.1. The molecule has 6 nitrogen and oxygen atoms in total. The lowest BCUT2D eigenvalue weighted by molar-refractivity contribution is -0.155. The van der Waals surface area contributed by atoms with Crippen LogP contribution in [-0.2, 0) is 14.3 Å². The van der Waals surface area contributed by atoms with E-state index in [1.54, 1.807) is 17.9 Å². The van der Waals surface area contributed by atoms with Crippen molar-refractivity contribution in [3.8, 4) is 5.69 Å². The van der Waals surface area contributed by atoms with Crippen LogP contribution in [0.4, 0.5) is 0 Å². The summed E-state index contributed by atoms with van der Waals surface area (Å²) in [6, 6.07) is 9.83. The Morgan fingerprint density at radius 2 is 1.79 bits per heavy atom. The fourth-order valence-electron chi connectivity index (χ4n) is 3.50. The summed E-state index contributed by atoms with van der Waals surface area (Å²) >= 11 is 0. The summed E-state index contributed by atoms with van der Waals surface area (Å²) in [6.07, 6.45) is 5.47. The van der Waals surface area contributed by atoms with Crippen LogP contribution in [0.1, 0.15) is 43.1 Å². The van der Waals surface area contributed by atoms with E-state index in [4.69, 9.17) is 4.74 Å². The van der Waals surface area contributed by atoms with Gasteiger partial charge in [-0.3, -0.25) is 4.79 Å². The number of para-hydroxylation sites is 1. The zero-order valence-corrected chi connectivity index (χ0v) is 16.7. The monoisotopic (exact) mass is 381 g/mol. The molecule has 148 valence electrons. The van der Waals surface area contributed by atoms with Crippen molar-refractivity contribution < 1.29 is 14.3 Å². The number of aryl methyl sites for hydroxylation is 1. The maximum Gasteiger partial charge on any atom is 0.331 e. The first-order chi connectivity index (χ1) is 13.5. The molecule has 0 bridgehead atoms. The number of piperidine rings is 1. The van der Waals surface area contributed by atoms with Crippen molar-refractivity contribution in [3.63, 3.8) is 0 Å². The summed E-state index contributed by atoms with van der Waals surface area (Å²) in [5.74, 6) is -0.644. The molecule has 3 rings (SSSR count). The van der Waals surface area contributed by atoms with Crippen molar-refractivity contribution in [1.82, 2.24) is 14.7 Å². The van der Waals surface area contributed by atoms with Crippen molar-refractivity contribution in [2.24, 2.45) is 0 Å². The average Bonchev–Trinajstić information content (AvgIpc) is 3.00. The summed E-state index contributed by atoms with van der Waals surface area (Å²) in [4.78, 5) is 26.4. The maximum atomic E-state index is 12.4. The molecule has 6 heteroatoms. The van der Waals surface area contributed by atoms with Crippen LogP contribution >= 0.6 is 0 Å². The van der Waals surface area contributed by atoms with Gasteiger partial charge in [-0.15, -0.1) is 0 Å². The number of amides is 1. The Balaban J connectivity index is 1.65. The number of hydrogen-bond acceptors (Lipinski definition) is 4. The number of esters is 1. The second-order valence-corrected chi connectivity index (χ2v) is 7.13. The summed E-state index contributed by atoms with van der Waals surface area (Å²) < 4.78 is 7.16. The van der Waals surface area contributed by atoms with E-state index < -0.39 is 12.1 Å². The molecule has 1 aromatic carbocycles. The van der Waals surface area contributed by atoms with E-state index in [2.05, 4.69) is 5.10 Å². The van der Waals surface area contributed by atoms with Gasteiger partial charge in [-0.1, -0.05) is 18.2 Å². The molecule has 1 aliphatic rings. The molecule has 0 N–H and O–H groups in total. The molecule has 2 heterocycles.